The molecule has 0 unspecified atom stereocenters. The maximum atomic E-state index is 3.64. The summed E-state index contributed by atoms with van der Waals surface area (Å²) in [5.74, 6) is 0. The van der Waals surface area contributed by atoms with E-state index in [1.807, 2.05) is 0 Å². The molecule has 0 aliphatic heterocycles. The summed E-state index contributed by atoms with van der Waals surface area (Å²) in [5.41, 5.74) is 1.47. The Hall–Kier alpha value is 0.499. The van der Waals surface area contributed by atoms with Gasteiger partial charge in [0.2, 0.25) is 0 Å². The summed E-state index contributed by atoms with van der Waals surface area (Å²) in [5, 5.41) is 0.998. The number of alkyl halides is 1. The van der Waals surface area contributed by atoms with Crippen LogP contribution in [0.25, 0.3) is 0 Å². The fourth-order valence-electron chi connectivity index (χ4n) is 3.34. The van der Waals surface area contributed by atoms with Gasteiger partial charge in [-0.15, -0.1) is 0 Å². The van der Waals surface area contributed by atoms with Gasteiger partial charge in [0, 0.05) is 0 Å². The van der Waals surface area contributed by atoms with Crippen molar-refractivity contribution in [2.24, 2.45) is 0 Å². The molecule has 0 aliphatic rings. The number of benzene rings is 1. The SMILES string of the molecule is CCC[CH2][Sn]([CH2]CCC)([CH2]CCC)[c]1cccc(CBr)c1. The van der Waals surface area contributed by atoms with Gasteiger partial charge >= 0.3 is 146 Å². The van der Waals surface area contributed by atoms with Crippen LogP contribution in [0, 0.1) is 0 Å². The molecule has 0 N–H and O–H groups in total. The first kappa shape index (κ1) is 19.5. The molecule has 0 spiro atoms. The van der Waals surface area contributed by atoms with Crippen molar-refractivity contribution in [3.05, 3.63) is 29.8 Å². The third-order valence-electron chi connectivity index (χ3n) is 4.72. The van der Waals surface area contributed by atoms with Crippen molar-refractivity contribution in [1.29, 1.82) is 0 Å². The Morgan fingerprint density at radius 2 is 1.38 bits per heavy atom. The molecule has 2 heteroatoms. The molecule has 0 fully saturated rings. The zero-order valence-corrected chi connectivity index (χ0v) is 18.7. The molecule has 1 aromatic rings. The van der Waals surface area contributed by atoms with E-state index in [0.29, 0.717) is 0 Å². The normalized spacial score (nSPS) is 11.8. The molecule has 0 bridgehead atoms. The Morgan fingerprint density at radius 1 is 0.857 bits per heavy atom. The quantitative estimate of drug-likeness (QED) is 0.257. The van der Waals surface area contributed by atoms with Crippen molar-refractivity contribution in [2.75, 3.05) is 0 Å². The molecule has 0 aromatic heterocycles. The second-order valence-corrected chi connectivity index (χ2v) is 20.2. The van der Waals surface area contributed by atoms with E-state index in [9.17, 15) is 0 Å². The van der Waals surface area contributed by atoms with Crippen LogP contribution in [0.4, 0.5) is 0 Å². The van der Waals surface area contributed by atoms with Crippen molar-refractivity contribution < 1.29 is 0 Å². The number of rotatable bonds is 11. The summed E-state index contributed by atoms with van der Waals surface area (Å²) in [4.78, 5) is 0. The van der Waals surface area contributed by atoms with Gasteiger partial charge in [0.15, 0.2) is 0 Å². The molecule has 0 amide bonds. The molecule has 120 valence electrons. The summed E-state index contributed by atoms with van der Waals surface area (Å²) < 4.78 is 6.50. The van der Waals surface area contributed by atoms with E-state index in [0.717, 1.165) is 5.33 Å². The molecule has 0 nitrogen and oxygen atoms in total. The monoisotopic (exact) mass is 460 g/mol. The number of hydrogen-bond donors (Lipinski definition) is 0. The second-order valence-electron chi connectivity index (χ2n) is 6.42. The van der Waals surface area contributed by atoms with Crippen LogP contribution in [0.1, 0.15) is 64.9 Å². The van der Waals surface area contributed by atoms with Crippen LogP contribution in [0.3, 0.4) is 0 Å². The molecule has 0 saturated carbocycles. The Kier molecular flexibility index (Phi) is 10.3. The van der Waals surface area contributed by atoms with Crippen LogP contribution >= 0.6 is 15.9 Å². The molecular formula is C19H33BrSn. The van der Waals surface area contributed by atoms with Gasteiger partial charge in [-0.25, -0.2) is 0 Å². The maximum absolute atomic E-state index is 3.64. The van der Waals surface area contributed by atoms with Crippen LogP contribution in [0.15, 0.2) is 24.3 Å². The zero-order valence-electron chi connectivity index (χ0n) is 14.3. The molecule has 0 atom stereocenters. The molecule has 21 heavy (non-hydrogen) atoms. The van der Waals surface area contributed by atoms with Gasteiger partial charge in [0.05, 0.1) is 0 Å². The minimum absolute atomic E-state index is 0.998. The van der Waals surface area contributed by atoms with Crippen LogP contribution in [0.5, 0.6) is 0 Å². The topological polar surface area (TPSA) is 0 Å². The van der Waals surface area contributed by atoms with Gasteiger partial charge in [-0.1, -0.05) is 0 Å². The summed E-state index contributed by atoms with van der Waals surface area (Å²) in [6.07, 6.45) is 8.41. The van der Waals surface area contributed by atoms with Crippen molar-refractivity contribution in [1.82, 2.24) is 0 Å². The first-order chi connectivity index (χ1) is 10.2. The van der Waals surface area contributed by atoms with Crippen molar-refractivity contribution in [3.63, 3.8) is 0 Å². The first-order valence-corrected chi connectivity index (χ1v) is 17.5. The Balaban J connectivity index is 3.09. The predicted molar refractivity (Wildman–Crippen MR) is 104 cm³/mol. The van der Waals surface area contributed by atoms with E-state index in [4.69, 9.17) is 0 Å². The van der Waals surface area contributed by atoms with Gasteiger partial charge in [-0.05, 0) is 0 Å². The zero-order chi connectivity index (χ0) is 15.6. The summed E-state index contributed by atoms with van der Waals surface area (Å²) in [6.45, 7) is 7.06. The summed E-state index contributed by atoms with van der Waals surface area (Å²) in [6, 6.07) is 9.60. The van der Waals surface area contributed by atoms with Crippen molar-refractivity contribution in [3.8, 4) is 0 Å². The van der Waals surface area contributed by atoms with Gasteiger partial charge < -0.3 is 0 Å². The average Bonchev–Trinajstić information content (AvgIpc) is 2.54. The molecular weight excluding hydrogens is 427 g/mol. The van der Waals surface area contributed by atoms with Gasteiger partial charge in [0.1, 0.15) is 0 Å². The Labute approximate surface area is 145 Å². The predicted octanol–water partition coefficient (Wildman–Crippen LogP) is 6.64. The van der Waals surface area contributed by atoms with Crippen LogP contribution in [-0.4, -0.2) is 18.4 Å². The fourth-order valence-corrected chi connectivity index (χ4v) is 19.8. The first-order valence-electron chi connectivity index (χ1n) is 8.87. The van der Waals surface area contributed by atoms with E-state index in [1.165, 1.54) is 44.1 Å². The Morgan fingerprint density at radius 3 is 1.81 bits per heavy atom. The molecule has 0 heterocycles. The van der Waals surface area contributed by atoms with E-state index in [2.05, 4.69) is 61.0 Å². The van der Waals surface area contributed by atoms with E-state index >= 15 is 0 Å². The van der Waals surface area contributed by atoms with Crippen molar-refractivity contribution >= 4 is 37.9 Å². The molecule has 0 radical (unpaired) electrons. The van der Waals surface area contributed by atoms with Crippen LogP contribution in [-0.2, 0) is 5.33 Å². The number of unbranched alkanes of at least 4 members (excludes halogenated alkanes) is 3. The number of halogens is 1. The van der Waals surface area contributed by atoms with Gasteiger partial charge in [0.25, 0.3) is 0 Å². The van der Waals surface area contributed by atoms with Gasteiger partial charge in [-0.2, -0.15) is 0 Å². The van der Waals surface area contributed by atoms with Gasteiger partial charge in [-0.3, -0.25) is 0 Å². The molecule has 1 rings (SSSR count). The third-order valence-corrected chi connectivity index (χ3v) is 21.0. The van der Waals surface area contributed by atoms with E-state index in [-0.39, 0.29) is 0 Å². The molecule has 1 aromatic carbocycles. The molecule has 0 aliphatic carbocycles. The molecule has 0 saturated heterocycles. The fraction of sp³-hybridized carbons (Fsp3) is 0.684. The van der Waals surface area contributed by atoms with Crippen LogP contribution < -0.4 is 3.58 Å². The summed E-state index contributed by atoms with van der Waals surface area (Å²) >= 11 is 1.46. The third kappa shape index (κ3) is 6.25. The number of hydrogen-bond acceptors (Lipinski definition) is 0. The standard InChI is InChI=1S/C7H6Br.3C4H9.Sn/c8-6-7-4-2-1-3-5-7;3*1-3-4-2;/h1-2,4-5H,6H2;3*1,3-4H2,2H3;. The Bertz CT molecular complexity index is 367. The second kappa shape index (κ2) is 11.1. The van der Waals surface area contributed by atoms with Crippen molar-refractivity contribution in [2.45, 2.75) is 77.9 Å². The minimum atomic E-state index is -2.18. The van der Waals surface area contributed by atoms with Crippen LogP contribution in [0.2, 0.25) is 13.3 Å². The van der Waals surface area contributed by atoms with E-state index in [1.54, 1.807) is 16.9 Å². The average molecular weight is 460 g/mol. The summed E-state index contributed by atoms with van der Waals surface area (Å²) in [7, 11) is 0. The van der Waals surface area contributed by atoms with E-state index < -0.39 is 18.4 Å².